The molecule has 1 saturated heterocycles. The molecule has 0 aliphatic carbocycles. The Morgan fingerprint density at radius 1 is 1.33 bits per heavy atom. The molecule has 1 aromatic rings. The van der Waals surface area contributed by atoms with Crippen LogP contribution in [0, 0.1) is 6.92 Å². The number of likely N-dealkylation sites (tertiary alicyclic amines) is 1. The normalized spacial score (nSPS) is 21.4. The topological polar surface area (TPSA) is 3.24 Å². The molecule has 0 aromatic heterocycles. The second-order valence-corrected chi connectivity index (χ2v) is 4.29. The fourth-order valence-corrected chi connectivity index (χ4v) is 2.47. The summed E-state index contributed by atoms with van der Waals surface area (Å²) in [6, 6.07) is 9.25. The number of rotatable bonds is 2. The standard InChI is InChI=1S/C14H19N/c1-3-15-11-7-6-10-14(15)13-9-5-4-8-12(13)2/h3-5,8-9,14H,1,6-7,10-11H2,2H3. The molecule has 0 saturated carbocycles. The maximum Gasteiger partial charge on any atom is 0.0539 e. The minimum absolute atomic E-state index is 0.553. The zero-order chi connectivity index (χ0) is 10.7. The monoisotopic (exact) mass is 201 g/mol. The molecule has 0 spiro atoms. The Hall–Kier alpha value is -1.24. The first-order valence-corrected chi connectivity index (χ1v) is 5.77. The molecule has 0 amide bonds. The first-order valence-electron chi connectivity index (χ1n) is 5.77. The van der Waals surface area contributed by atoms with Crippen LogP contribution in [-0.2, 0) is 0 Å². The molecule has 1 fully saturated rings. The van der Waals surface area contributed by atoms with Crippen LogP contribution < -0.4 is 0 Å². The van der Waals surface area contributed by atoms with Gasteiger partial charge in [-0.3, -0.25) is 0 Å². The minimum atomic E-state index is 0.553. The van der Waals surface area contributed by atoms with Gasteiger partial charge in [0, 0.05) is 6.54 Å². The fourth-order valence-electron chi connectivity index (χ4n) is 2.47. The van der Waals surface area contributed by atoms with Crippen molar-refractivity contribution in [3.63, 3.8) is 0 Å². The van der Waals surface area contributed by atoms with Crippen LogP contribution >= 0.6 is 0 Å². The predicted molar refractivity (Wildman–Crippen MR) is 64.7 cm³/mol. The molecule has 1 aromatic carbocycles. The van der Waals surface area contributed by atoms with Crippen molar-refractivity contribution in [1.82, 2.24) is 4.90 Å². The lowest BCUT2D eigenvalue weighted by Crippen LogP contribution is -2.28. The van der Waals surface area contributed by atoms with Gasteiger partial charge in [-0.25, -0.2) is 0 Å². The highest BCUT2D eigenvalue weighted by atomic mass is 15.1. The first-order chi connectivity index (χ1) is 7.33. The number of nitrogens with zero attached hydrogens (tertiary/aromatic N) is 1. The number of aryl methyl sites for hydroxylation is 1. The number of hydrogen-bond donors (Lipinski definition) is 0. The highest BCUT2D eigenvalue weighted by Crippen LogP contribution is 2.32. The van der Waals surface area contributed by atoms with Gasteiger partial charge in [0.1, 0.15) is 0 Å². The Bertz CT molecular complexity index is 343. The molecule has 0 N–H and O–H groups in total. The first kappa shape index (κ1) is 10.3. The summed E-state index contributed by atoms with van der Waals surface area (Å²) in [5.41, 5.74) is 2.87. The summed E-state index contributed by atoms with van der Waals surface area (Å²) in [5, 5.41) is 0. The largest absolute Gasteiger partial charge is 0.371 e. The lowest BCUT2D eigenvalue weighted by molar-refractivity contribution is 0.216. The third-order valence-electron chi connectivity index (χ3n) is 3.33. The average molecular weight is 201 g/mol. The van der Waals surface area contributed by atoms with E-state index in [1.165, 1.54) is 30.4 Å². The Morgan fingerprint density at radius 3 is 2.87 bits per heavy atom. The van der Waals surface area contributed by atoms with Crippen LogP contribution in [0.3, 0.4) is 0 Å². The van der Waals surface area contributed by atoms with Crippen LogP contribution in [0.25, 0.3) is 0 Å². The molecule has 2 rings (SSSR count). The number of benzene rings is 1. The van der Waals surface area contributed by atoms with E-state index in [0.29, 0.717) is 6.04 Å². The van der Waals surface area contributed by atoms with Crippen molar-refractivity contribution < 1.29 is 0 Å². The third kappa shape index (κ3) is 2.06. The Morgan fingerprint density at radius 2 is 2.13 bits per heavy atom. The van der Waals surface area contributed by atoms with E-state index in [2.05, 4.69) is 42.7 Å². The summed E-state index contributed by atoms with van der Waals surface area (Å²) in [6.45, 7) is 7.27. The lowest BCUT2D eigenvalue weighted by Gasteiger charge is -2.35. The zero-order valence-corrected chi connectivity index (χ0v) is 9.45. The molecule has 0 radical (unpaired) electrons. The molecular weight excluding hydrogens is 182 g/mol. The molecule has 80 valence electrons. The van der Waals surface area contributed by atoms with Crippen molar-refractivity contribution in [3.05, 3.63) is 48.2 Å². The van der Waals surface area contributed by atoms with E-state index in [-0.39, 0.29) is 0 Å². The van der Waals surface area contributed by atoms with Crippen molar-refractivity contribution >= 4 is 0 Å². The summed E-state index contributed by atoms with van der Waals surface area (Å²) >= 11 is 0. The highest BCUT2D eigenvalue weighted by Gasteiger charge is 2.21. The van der Waals surface area contributed by atoms with Crippen LogP contribution in [0.2, 0.25) is 0 Å². The number of piperidine rings is 1. The van der Waals surface area contributed by atoms with E-state index in [1.54, 1.807) is 0 Å². The van der Waals surface area contributed by atoms with E-state index >= 15 is 0 Å². The zero-order valence-electron chi connectivity index (χ0n) is 9.45. The van der Waals surface area contributed by atoms with Crippen LogP contribution in [-0.4, -0.2) is 11.4 Å². The maximum atomic E-state index is 3.92. The quantitative estimate of drug-likeness (QED) is 0.705. The summed E-state index contributed by atoms with van der Waals surface area (Å²) < 4.78 is 0. The van der Waals surface area contributed by atoms with Gasteiger partial charge in [0.2, 0.25) is 0 Å². The second-order valence-electron chi connectivity index (χ2n) is 4.29. The molecule has 0 bridgehead atoms. The molecule has 1 unspecified atom stereocenters. The van der Waals surface area contributed by atoms with Crippen molar-refractivity contribution in [3.8, 4) is 0 Å². The van der Waals surface area contributed by atoms with Gasteiger partial charge in [-0.2, -0.15) is 0 Å². The Balaban J connectivity index is 2.28. The molecule has 15 heavy (non-hydrogen) atoms. The minimum Gasteiger partial charge on any atom is -0.371 e. The van der Waals surface area contributed by atoms with Gasteiger partial charge in [0.25, 0.3) is 0 Å². The summed E-state index contributed by atoms with van der Waals surface area (Å²) in [7, 11) is 0. The molecular formula is C14H19N. The van der Waals surface area contributed by atoms with Crippen LogP contribution in [0.5, 0.6) is 0 Å². The smallest absolute Gasteiger partial charge is 0.0539 e. The molecule has 1 nitrogen and oxygen atoms in total. The van der Waals surface area contributed by atoms with Gasteiger partial charge in [-0.15, -0.1) is 0 Å². The van der Waals surface area contributed by atoms with Gasteiger partial charge in [0.05, 0.1) is 6.04 Å². The maximum absolute atomic E-state index is 3.92. The van der Waals surface area contributed by atoms with E-state index in [9.17, 15) is 0 Å². The predicted octanol–water partition coefficient (Wildman–Crippen LogP) is 3.67. The van der Waals surface area contributed by atoms with Crippen molar-refractivity contribution in [2.75, 3.05) is 6.54 Å². The number of hydrogen-bond acceptors (Lipinski definition) is 1. The molecule has 1 aliphatic heterocycles. The highest BCUT2D eigenvalue weighted by molar-refractivity contribution is 5.29. The van der Waals surface area contributed by atoms with Gasteiger partial charge < -0.3 is 4.90 Å². The molecule has 1 heterocycles. The van der Waals surface area contributed by atoms with E-state index < -0.39 is 0 Å². The summed E-state index contributed by atoms with van der Waals surface area (Å²) in [4.78, 5) is 2.38. The molecule has 1 atom stereocenters. The summed E-state index contributed by atoms with van der Waals surface area (Å²) in [5.74, 6) is 0. The van der Waals surface area contributed by atoms with Crippen LogP contribution in [0.4, 0.5) is 0 Å². The van der Waals surface area contributed by atoms with Crippen molar-refractivity contribution in [1.29, 1.82) is 0 Å². The molecule has 1 heteroatoms. The second kappa shape index (κ2) is 4.52. The lowest BCUT2D eigenvalue weighted by atomic mass is 9.93. The molecule has 1 aliphatic rings. The fraction of sp³-hybridized carbons (Fsp3) is 0.429. The van der Waals surface area contributed by atoms with Crippen molar-refractivity contribution in [2.45, 2.75) is 32.2 Å². The third-order valence-corrected chi connectivity index (χ3v) is 3.33. The Labute approximate surface area is 92.4 Å². The average Bonchev–Trinajstić information content (AvgIpc) is 2.30. The van der Waals surface area contributed by atoms with Gasteiger partial charge in [0.15, 0.2) is 0 Å². The summed E-state index contributed by atoms with van der Waals surface area (Å²) in [6.07, 6.45) is 5.89. The van der Waals surface area contributed by atoms with Crippen LogP contribution in [0.1, 0.15) is 36.4 Å². The van der Waals surface area contributed by atoms with Gasteiger partial charge in [-0.05, 0) is 43.5 Å². The Kier molecular flexibility index (Phi) is 3.10. The van der Waals surface area contributed by atoms with Crippen LogP contribution in [0.15, 0.2) is 37.0 Å². The van der Waals surface area contributed by atoms with E-state index in [1.807, 2.05) is 6.20 Å². The van der Waals surface area contributed by atoms with Crippen molar-refractivity contribution in [2.24, 2.45) is 0 Å². The SMILES string of the molecule is C=CN1CCCCC1c1ccccc1C. The van der Waals surface area contributed by atoms with E-state index in [0.717, 1.165) is 6.54 Å². The van der Waals surface area contributed by atoms with Gasteiger partial charge >= 0.3 is 0 Å². The van der Waals surface area contributed by atoms with Gasteiger partial charge in [-0.1, -0.05) is 30.8 Å². The van der Waals surface area contributed by atoms with E-state index in [4.69, 9.17) is 0 Å².